The predicted octanol–water partition coefficient (Wildman–Crippen LogP) is 0.780. The van der Waals surface area contributed by atoms with Crippen molar-refractivity contribution in [2.75, 3.05) is 13.2 Å². The maximum absolute atomic E-state index is 12.2. The molecule has 2 aromatic rings. The van der Waals surface area contributed by atoms with Gasteiger partial charge >= 0.3 is 5.97 Å². The van der Waals surface area contributed by atoms with Crippen molar-refractivity contribution in [3.05, 3.63) is 30.0 Å². The van der Waals surface area contributed by atoms with E-state index in [0.717, 1.165) is 18.2 Å². The van der Waals surface area contributed by atoms with Gasteiger partial charge in [0, 0.05) is 11.9 Å². The van der Waals surface area contributed by atoms with E-state index in [1.54, 1.807) is 12.1 Å². The molecule has 25 heavy (non-hydrogen) atoms. The molecule has 1 aromatic carbocycles. The topological polar surface area (TPSA) is 116 Å². The zero-order valence-corrected chi connectivity index (χ0v) is 13.6. The van der Waals surface area contributed by atoms with Gasteiger partial charge in [-0.2, -0.15) is 0 Å². The lowest BCUT2D eigenvalue weighted by Crippen LogP contribution is -2.51. The zero-order chi connectivity index (χ0) is 17.8. The number of aromatic nitrogens is 1. The second-order valence-corrected chi connectivity index (χ2v) is 5.96. The monoisotopic (exact) mass is 345 g/mol. The highest BCUT2D eigenvalue weighted by Crippen LogP contribution is 2.19. The Hall–Kier alpha value is -2.90. The molecule has 3 rings (SSSR count). The van der Waals surface area contributed by atoms with Crippen LogP contribution in [0.3, 0.4) is 0 Å². The largest absolute Gasteiger partial charge is 0.455 e. The number of carbonyl (C=O) groups excluding carboxylic acids is 3. The average Bonchev–Trinajstić information content (AvgIpc) is 3.02. The lowest BCUT2D eigenvalue weighted by Gasteiger charge is -2.33. The molecule has 2 heterocycles. The first kappa shape index (κ1) is 16.9. The molecular formula is C17H19N3O5. The highest BCUT2D eigenvalue weighted by atomic mass is 16.5. The van der Waals surface area contributed by atoms with Gasteiger partial charge in [0.1, 0.15) is 11.7 Å². The molecule has 1 aromatic heterocycles. The van der Waals surface area contributed by atoms with Gasteiger partial charge in [0.2, 0.25) is 5.91 Å². The van der Waals surface area contributed by atoms with Crippen LogP contribution >= 0.6 is 0 Å². The Morgan fingerprint density at radius 2 is 2.08 bits per heavy atom. The number of carbonyl (C=O) groups is 3. The Labute approximate surface area is 143 Å². The highest BCUT2D eigenvalue weighted by molar-refractivity contribution is 5.89. The smallest absolute Gasteiger partial charge is 0.312 e. The van der Waals surface area contributed by atoms with Crippen LogP contribution in [-0.2, 0) is 25.5 Å². The van der Waals surface area contributed by atoms with E-state index in [0.29, 0.717) is 24.2 Å². The highest BCUT2D eigenvalue weighted by Gasteiger charge is 2.31. The number of rotatable bonds is 5. The Balaban J connectivity index is 1.56. The minimum Gasteiger partial charge on any atom is -0.455 e. The number of piperidine rings is 1. The van der Waals surface area contributed by atoms with Crippen LogP contribution in [0.25, 0.3) is 11.0 Å². The number of hydrogen-bond donors (Lipinski definition) is 1. The van der Waals surface area contributed by atoms with Gasteiger partial charge in [-0.05, 0) is 31.4 Å². The number of likely N-dealkylation sites (tertiary alicyclic amines) is 1. The van der Waals surface area contributed by atoms with Crippen LogP contribution < -0.4 is 5.73 Å². The van der Waals surface area contributed by atoms with Gasteiger partial charge in [-0.15, -0.1) is 0 Å². The number of ether oxygens (including phenoxy) is 1. The van der Waals surface area contributed by atoms with Crippen molar-refractivity contribution in [1.82, 2.24) is 10.1 Å². The molecule has 1 fully saturated rings. The third kappa shape index (κ3) is 3.78. The number of para-hydroxylation sites is 1. The van der Waals surface area contributed by atoms with Gasteiger partial charge in [0.15, 0.2) is 12.2 Å². The van der Waals surface area contributed by atoms with Crippen molar-refractivity contribution >= 4 is 28.8 Å². The van der Waals surface area contributed by atoms with E-state index >= 15 is 0 Å². The Kier molecular flexibility index (Phi) is 4.97. The minimum atomic E-state index is -0.626. The van der Waals surface area contributed by atoms with E-state index in [9.17, 15) is 14.4 Å². The summed E-state index contributed by atoms with van der Waals surface area (Å²) in [6.45, 7) is 0.0241. The van der Waals surface area contributed by atoms with Crippen molar-refractivity contribution < 1.29 is 23.6 Å². The predicted molar refractivity (Wildman–Crippen MR) is 87.2 cm³/mol. The summed E-state index contributed by atoms with van der Waals surface area (Å²) in [7, 11) is 0. The van der Waals surface area contributed by atoms with Crippen LogP contribution in [0, 0.1) is 0 Å². The van der Waals surface area contributed by atoms with Crippen molar-refractivity contribution in [2.24, 2.45) is 5.73 Å². The molecule has 1 aliphatic heterocycles. The van der Waals surface area contributed by atoms with Crippen molar-refractivity contribution in [2.45, 2.75) is 31.7 Å². The summed E-state index contributed by atoms with van der Waals surface area (Å²) in [6.07, 6.45) is 2.09. The molecular weight excluding hydrogens is 326 g/mol. The molecule has 0 saturated carbocycles. The third-order valence-electron chi connectivity index (χ3n) is 4.27. The lowest BCUT2D eigenvalue weighted by atomic mass is 10.0. The number of esters is 1. The molecule has 1 aliphatic rings. The van der Waals surface area contributed by atoms with Crippen molar-refractivity contribution in [3.8, 4) is 0 Å². The normalized spacial score (nSPS) is 17.4. The van der Waals surface area contributed by atoms with Gasteiger partial charge in [0.25, 0.3) is 5.91 Å². The van der Waals surface area contributed by atoms with Gasteiger partial charge < -0.3 is 19.9 Å². The first-order chi connectivity index (χ1) is 12.1. The minimum absolute atomic E-state index is 0.0937. The number of amides is 2. The summed E-state index contributed by atoms with van der Waals surface area (Å²) in [4.78, 5) is 37.1. The molecule has 0 radical (unpaired) electrons. The maximum atomic E-state index is 12.2. The van der Waals surface area contributed by atoms with E-state index in [2.05, 4.69) is 5.16 Å². The fourth-order valence-corrected chi connectivity index (χ4v) is 3.00. The molecule has 1 saturated heterocycles. The summed E-state index contributed by atoms with van der Waals surface area (Å²) < 4.78 is 10.2. The summed E-state index contributed by atoms with van der Waals surface area (Å²) in [5.41, 5.74) is 6.38. The molecule has 1 atom stereocenters. The summed E-state index contributed by atoms with van der Waals surface area (Å²) in [5, 5.41) is 4.59. The average molecular weight is 345 g/mol. The van der Waals surface area contributed by atoms with E-state index in [1.807, 2.05) is 12.1 Å². The molecule has 2 amide bonds. The van der Waals surface area contributed by atoms with Crippen LogP contribution in [0.2, 0.25) is 0 Å². The Bertz CT molecular complexity index is 800. The molecule has 8 nitrogen and oxygen atoms in total. The van der Waals surface area contributed by atoms with E-state index in [-0.39, 0.29) is 6.42 Å². The summed E-state index contributed by atoms with van der Waals surface area (Å²) >= 11 is 0. The number of primary amides is 1. The van der Waals surface area contributed by atoms with Gasteiger partial charge in [-0.3, -0.25) is 14.4 Å². The second-order valence-electron chi connectivity index (χ2n) is 5.96. The summed E-state index contributed by atoms with van der Waals surface area (Å²) in [6, 6.07) is 6.55. The molecule has 0 bridgehead atoms. The first-order valence-corrected chi connectivity index (χ1v) is 8.14. The first-order valence-electron chi connectivity index (χ1n) is 8.14. The van der Waals surface area contributed by atoms with Gasteiger partial charge in [0.05, 0.1) is 6.42 Å². The number of hydrogen-bond acceptors (Lipinski definition) is 6. The van der Waals surface area contributed by atoms with Crippen LogP contribution in [0.15, 0.2) is 28.8 Å². The second kappa shape index (κ2) is 7.33. The number of benzene rings is 1. The van der Waals surface area contributed by atoms with Gasteiger partial charge in [-0.25, -0.2) is 0 Å². The van der Waals surface area contributed by atoms with Crippen LogP contribution in [-0.4, -0.2) is 47.0 Å². The fourth-order valence-electron chi connectivity index (χ4n) is 3.00. The van der Waals surface area contributed by atoms with E-state index in [1.165, 1.54) is 4.90 Å². The molecule has 0 unspecified atom stereocenters. The Morgan fingerprint density at radius 1 is 1.28 bits per heavy atom. The van der Waals surface area contributed by atoms with E-state index in [4.69, 9.17) is 15.0 Å². The zero-order valence-electron chi connectivity index (χ0n) is 13.6. The SMILES string of the molecule is NC(=O)[C@H]1CCCCN1C(=O)COC(=O)Cc1noc2ccccc12. The van der Waals surface area contributed by atoms with Crippen LogP contribution in [0.1, 0.15) is 25.0 Å². The number of nitrogens with zero attached hydrogens (tertiary/aromatic N) is 2. The van der Waals surface area contributed by atoms with Crippen molar-refractivity contribution in [3.63, 3.8) is 0 Å². The molecule has 132 valence electrons. The standard InChI is InChI=1S/C17H19N3O5/c18-17(23)13-6-3-4-8-20(13)15(21)10-24-16(22)9-12-11-5-1-2-7-14(11)25-19-12/h1-2,5,7,13H,3-4,6,8-10H2,(H2,18,23)/t13-/m1/s1. The van der Waals surface area contributed by atoms with E-state index < -0.39 is 30.4 Å². The van der Waals surface area contributed by atoms with Gasteiger partial charge in [-0.1, -0.05) is 17.3 Å². The molecule has 0 aliphatic carbocycles. The number of fused-ring (bicyclic) bond motifs is 1. The maximum Gasteiger partial charge on any atom is 0.312 e. The fraction of sp³-hybridized carbons (Fsp3) is 0.412. The lowest BCUT2D eigenvalue weighted by molar-refractivity contribution is -0.154. The Morgan fingerprint density at radius 3 is 2.88 bits per heavy atom. The van der Waals surface area contributed by atoms with Crippen LogP contribution in [0.4, 0.5) is 0 Å². The number of nitrogens with two attached hydrogens (primary N) is 1. The van der Waals surface area contributed by atoms with Crippen molar-refractivity contribution in [1.29, 1.82) is 0 Å². The third-order valence-corrected chi connectivity index (χ3v) is 4.27. The quantitative estimate of drug-likeness (QED) is 0.801. The molecule has 8 heteroatoms. The van der Waals surface area contributed by atoms with Crippen LogP contribution in [0.5, 0.6) is 0 Å². The molecule has 2 N–H and O–H groups in total. The summed E-state index contributed by atoms with van der Waals surface area (Å²) in [5.74, 6) is -1.53. The molecule has 0 spiro atoms.